The second kappa shape index (κ2) is 10.2. The van der Waals surface area contributed by atoms with Crippen molar-refractivity contribution in [1.82, 2.24) is 4.90 Å². The molecule has 0 aliphatic heterocycles. The first-order chi connectivity index (χ1) is 11.5. The number of amides is 1. The predicted octanol–water partition coefficient (Wildman–Crippen LogP) is 0.672. The Morgan fingerprint density at radius 2 is 1.58 bits per heavy atom. The molecule has 0 radical (unpaired) electrons. The fourth-order valence-electron chi connectivity index (χ4n) is 1.91. The molecular weight excluding hydrogens is 316 g/mol. The molecule has 0 bridgehead atoms. The van der Waals surface area contributed by atoms with Gasteiger partial charge in [-0.2, -0.15) is 0 Å². The molecule has 0 spiro atoms. The molecule has 1 N–H and O–H groups in total. The number of benzene rings is 1. The zero-order chi connectivity index (χ0) is 17.9. The normalized spacial score (nSPS) is 10.2. The highest BCUT2D eigenvalue weighted by atomic mass is 16.5. The van der Waals surface area contributed by atoms with Gasteiger partial charge in [0.1, 0.15) is 5.75 Å². The summed E-state index contributed by atoms with van der Waals surface area (Å²) in [5.41, 5.74) is 0.514. The number of nitrogens with zero attached hydrogens (tertiary/aromatic N) is 1. The highest BCUT2D eigenvalue weighted by Crippen LogP contribution is 2.23. The van der Waals surface area contributed by atoms with Gasteiger partial charge >= 0.3 is 11.9 Å². The van der Waals surface area contributed by atoms with E-state index >= 15 is 0 Å². The Kier molecular flexibility index (Phi) is 8.28. The number of carbonyl (C=O) groups excluding carboxylic acids is 3. The zero-order valence-electron chi connectivity index (χ0n) is 14.0. The van der Waals surface area contributed by atoms with Crippen LogP contribution in [0.2, 0.25) is 0 Å². The maximum atomic E-state index is 12.2. The van der Waals surface area contributed by atoms with Crippen LogP contribution in [0.25, 0.3) is 0 Å². The Morgan fingerprint density at radius 1 is 1.00 bits per heavy atom. The third-order valence-electron chi connectivity index (χ3n) is 2.99. The van der Waals surface area contributed by atoms with E-state index in [1.165, 1.54) is 19.1 Å². The van der Waals surface area contributed by atoms with Crippen LogP contribution >= 0.6 is 0 Å². The summed E-state index contributed by atoms with van der Waals surface area (Å²) in [7, 11) is 2.47. The largest absolute Gasteiger partial charge is 0.492 e. The number of hydrogen-bond acceptors (Lipinski definition) is 7. The first kappa shape index (κ1) is 19.4. The second-order valence-electron chi connectivity index (χ2n) is 4.77. The third kappa shape index (κ3) is 6.66. The lowest BCUT2D eigenvalue weighted by Crippen LogP contribution is -2.40. The molecule has 8 nitrogen and oxygen atoms in total. The molecule has 1 rings (SSSR count). The number of nitrogens with one attached hydrogen (secondary N) is 1. The van der Waals surface area contributed by atoms with E-state index in [1.807, 2.05) is 6.92 Å². The number of carbonyl (C=O) groups is 3. The van der Waals surface area contributed by atoms with Crippen LogP contribution < -0.4 is 10.1 Å². The van der Waals surface area contributed by atoms with E-state index in [0.29, 0.717) is 18.0 Å². The Morgan fingerprint density at radius 3 is 2.12 bits per heavy atom. The first-order valence-corrected chi connectivity index (χ1v) is 7.37. The summed E-state index contributed by atoms with van der Waals surface area (Å²) in [6, 6.07) is 6.99. The average Bonchev–Trinajstić information content (AvgIpc) is 2.56. The van der Waals surface area contributed by atoms with E-state index in [-0.39, 0.29) is 19.6 Å². The van der Waals surface area contributed by atoms with Crippen molar-refractivity contribution >= 4 is 23.5 Å². The lowest BCUT2D eigenvalue weighted by molar-refractivity contribution is -0.145. The summed E-state index contributed by atoms with van der Waals surface area (Å²) >= 11 is 0. The monoisotopic (exact) mass is 338 g/mol. The van der Waals surface area contributed by atoms with Crippen molar-refractivity contribution in [2.24, 2.45) is 0 Å². The lowest BCUT2D eigenvalue weighted by atomic mass is 10.3. The van der Waals surface area contributed by atoms with Crippen LogP contribution in [-0.4, -0.2) is 63.2 Å². The fourth-order valence-corrected chi connectivity index (χ4v) is 1.91. The van der Waals surface area contributed by atoms with Gasteiger partial charge in [0.15, 0.2) is 0 Å². The molecule has 0 heterocycles. The maximum absolute atomic E-state index is 12.2. The molecule has 24 heavy (non-hydrogen) atoms. The topological polar surface area (TPSA) is 94.2 Å². The minimum absolute atomic E-state index is 0.176. The van der Waals surface area contributed by atoms with Gasteiger partial charge in [0.2, 0.25) is 5.91 Å². The molecule has 0 fully saturated rings. The molecule has 1 aromatic carbocycles. The molecule has 0 unspecified atom stereocenters. The SMILES string of the molecule is CCOc1ccccc1NC(=O)CN(CC(=O)OC)CC(=O)OC. The number of hydrogen-bond donors (Lipinski definition) is 1. The lowest BCUT2D eigenvalue weighted by Gasteiger charge is -2.19. The van der Waals surface area contributed by atoms with E-state index < -0.39 is 17.8 Å². The van der Waals surface area contributed by atoms with Crippen molar-refractivity contribution in [1.29, 1.82) is 0 Å². The highest BCUT2D eigenvalue weighted by molar-refractivity contribution is 5.94. The van der Waals surface area contributed by atoms with E-state index in [1.54, 1.807) is 24.3 Å². The van der Waals surface area contributed by atoms with E-state index in [2.05, 4.69) is 14.8 Å². The Labute approximate surface area is 140 Å². The summed E-state index contributed by atoms with van der Waals surface area (Å²) < 4.78 is 14.6. The number of para-hydroxylation sites is 2. The van der Waals surface area contributed by atoms with Crippen molar-refractivity contribution in [3.8, 4) is 5.75 Å². The van der Waals surface area contributed by atoms with Crippen LogP contribution in [-0.2, 0) is 23.9 Å². The zero-order valence-corrected chi connectivity index (χ0v) is 14.0. The van der Waals surface area contributed by atoms with Gasteiger partial charge in [-0.25, -0.2) is 0 Å². The van der Waals surface area contributed by atoms with Crippen LogP contribution in [0, 0.1) is 0 Å². The van der Waals surface area contributed by atoms with E-state index in [0.717, 1.165) is 0 Å². The Bertz CT molecular complexity index is 557. The standard InChI is InChI=1S/C16H22N2O6/c1-4-24-13-8-6-5-7-12(13)17-14(19)9-18(10-15(20)22-2)11-16(21)23-3/h5-8H,4,9-11H2,1-3H3,(H,17,19). The molecule has 8 heteroatoms. The van der Waals surface area contributed by atoms with Gasteiger partial charge in [0.25, 0.3) is 0 Å². The minimum atomic E-state index is -0.554. The van der Waals surface area contributed by atoms with Gasteiger partial charge in [-0.15, -0.1) is 0 Å². The van der Waals surface area contributed by atoms with Gasteiger partial charge in [-0.05, 0) is 19.1 Å². The predicted molar refractivity (Wildman–Crippen MR) is 86.7 cm³/mol. The van der Waals surface area contributed by atoms with Crippen molar-refractivity contribution in [2.45, 2.75) is 6.92 Å². The van der Waals surface area contributed by atoms with Gasteiger partial charge in [0, 0.05) is 0 Å². The summed E-state index contributed by atoms with van der Waals surface area (Å²) in [5, 5.41) is 2.70. The summed E-state index contributed by atoms with van der Waals surface area (Å²) in [6.07, 6.45) is 0. The van der Waals surface area contributed by atoms with Crippen LogP contribution in [0.4, 0.5) is 5.69 Å². The molecule has 0 aliphatic rings. The van der Waals surface area contributed by atoms with Gasteiger partial charge in [-0.1, -0.05) is 12.1 Å². The summed E-state index contributed by atoms with van der Waals surface area (Å²) in [4.78, 5) is 36.3. The fraction of sp³-hybridized carbons (Fsp3) is 0.438. The van der Waals surface area contributed by atoms with Gasteiger partial charge in [-0.3, -0.25) is 19.3 Å². The first-order valence-electron chi connectivity index (χ1n) is 7.37. The number of ether oxygens (including phenoxy) is 3. The summed E-state index contributed by atoms with van der Waals surface area (Å²) in [5.74, 6) is -0.960. The molecular formula is C16H22N2O6. The molecule has 0 aromatic heterocycles. The Balaban J connectivity index is 2.73. The van der Waals surface area contributed by atoms with Crippen molar-refractivity contribution in [2.75, 3.05) is 45.8 Å². The third-order valence-corrected chi connectivity index (χ3v) is 2.99. The van der Waals surface area contributed by atoms with Crippen LogP contribution in [0.1, 0.15) is 6.92 Å². The molecule has 0 aliphatic carbocycles. The maximum Gasteiger partial charge on any atom is 0.319 e. The molecule has 132 valence electrons. The van der Waals surface area contributed by atoms with Gasteiger partial charge in [0.05, 0.1) is 46.1 Å². The summed E-state index contributed by atoms with van der Waals surface area (Å²) in [6.45, 7) is 1.72. The number of rotatable bonds is 9. The molecule has 0 atom stereocenters. The quantitative estimate of drug-likeness (QED) is 0.661. The van der Waals surface area contributed by atoms with E-state index in [9.17, 15) is 14.4 Å². The van der Waals surface area contributed by atoms with Crippen molar-refractivity contribution in [3.05, 3.63) is 24.3 Å². The minimum Gasteiger partial charge on any atom is -0.492 e. The van der Waals surface area contributed by atoms with Crippen LogP contribution in [0.15, 0.2) is 24.3 Å². The number of esters is 2. The molecule has 1 aromatic rings. The molecule has 0 saturated carbocycles. The van der Waals surface area contributed by atoms with E-state index in [4.69, 9.17) is 4.74 Å². The number of methoxy groups -OCH3 is 2. The van der Waals surface area contributed by atoms with Crippen molar-refractivity contribution < 1.29 is 28.6 Å². The van der Waals surface area contributed by atoms with Crippen molar-refractivity contribution in [3.63, 3.8) is 0 Å². The van der Waals surface area contributed by atoms with Gasteiger partial charge < -0.3 is 19.5 Å². The molecule has 1 amide bonds. The average molecular weight is 338 g/mol. The molecule has 0 saturated heterocycles. The number of anilines is 1. The Hall–Kier alpha value is -2.61. The smallest absolute Gasteiger partial charge is 0.319 e. The highest BCUT2D eigenvalue weighted by Gasteiger charge is 2.19. The van der Waals surface area contributed by atoms with Crippen LogP contribution in [0.3, 0.4) is 0 Å². The second-order valence-corrected chi connectivity index (χ2v) is 4.77. The van der Waals surface area contributed by atoms with Crippen LogP contribution in [0.5, 0.6) is 5.75 Å².